The summed E-state index contributed by atoms with van der Waals surface area (Å²) in [4.78, 5) is 11.9. The zero-order chi connectivity index (χ0) is 17.3. The van der Waals surface area contributed by atoms with Gasteiger partial charge in [-0.05, 0) is 31.2 Å². The molecule has 6 nitrogen and oxygen atoms in total. The van der Waals surface area contributed by atoms with Crippen molar-refractivity contribution in [3.63, 3.8) is 0 Å². The first-order valence-electron chi connectivity index (χ1n) is 7.10. The number of anilines is 1. The molecule has 0 spiro atoms. The summed E-state index contributed by atoms with van der Waals surface area (Å²) in [5.41, 5.74) is 0.560. The highest BCUT2D eigenvalue weighted by molar-refractivity contribution is 7.89. The highest BCUT2D eigenvalue weighted by Gasteiger charge is 2.44. The maximum Gasteiger partial charge on any atom is 0.253 e. The topological polar surface area (TPSA) is 87.3 Å². The van der Waals surface area contributed by atoms with Gasteiger partial charge in [-0.1, -0.05) is 0 Å². The van der Waals surface area contributed by atoms with E-state index in [4.69, 9.17) is 0 Å². The third-order valence-corrected chi connectivity index (χ3v) is 5.21. The number of hydrogen-bond acceptors (Lipinski definition) is 4. The van der Waals surface area contributed by atoms with Crippen molar-refractivity contribution in [3.05, 3.63) is 23.8 Å². The largest absolute Gasteiger partial charge is 0.384 e. The fourth-order valence-corrected chi connectivity index (χ4v) is 3.22. The number of halogens is 2. The predicted octanol–water partition coefficient (Wildman–Crippen LogP) is 1.41. The molecule has 0 unspecified atom stereocenters. The Morgan fingerprint density at radius 3 is 2.48 bits per heavy atom. The minimum Gasteiger partial charge on any atom is -0.384 e. The van der Waals surface area contributed by atoms with Crippen molar-refractivity contribution in [1.82, 2.24) is 10.0 Å². The first kappa shape index (κ1) is 17.6. The number of carbonyl (C=O) groups is 1. The molecule has 1 aromatic carbocycles. The molecule has 0 bridgehead atoms. The monoisotopic (exact) mass is 347 g/mol. The van der Waals surface area contributed by atoms with Crippen LogP contribution in [-0.2, 0) is 10.0 Å². The number of amides is 1. The van der Waals surface area contributed by atoms with E-state index < -0.39 is 21.9 Å². The van der Waals surface area contributed by atoms with Gasteiger partial charge in [-0.3, -0.25) is 4.79 Å². The summed E-state index contributed by atoms with van der Waals surface area (Å²) in [6.45, 7) is 0.303. The molecule has 1 aromatic rings. The van der Waals surface area contributed by atoms with Gasteiger partial charge in [0.2, 0.25) is 15.9 Å². The summed E-state index contributed by atoms with van der Waals surface area (Å²) in [5, 5.41) is 5.39. The van der Waals surface area contributed by atoms with Crippen LogP contribution in [0, 0.1) is 5.92 Å². The van der Waals surface area contributed by atoms with E-state index in [9.17, 15) is 22.0 Å². The van der Waals surface area contributed by atoms with Crippen LogP contribution in [0.25, 0.3) is 0 Å². The van der Waals surface area contributed by atoms with E-state index in [0.717, 1.165) is 0 Å². The van der Waals surface area contributed by atoms with Crippen molar-refractivity contribution >= 4 is 21.6 Å². The van der Waals surface area contributed by atoms with Gasteiger partial charge < -0.3 is 10.6 Å². The average molecular weight is 347 g/mol. The maximum atomic E-state index is 12.8. The summed E-state index contributed by atoms with van der Waals surface area (Å²) in [7, 11) is -0.972. The van der Waals surface area contributed by atoms with Gasteiger partial charge in [0.15, 0.2) is 0 Å². The number of carbonyl (C=O) groups excluding carboxylic acids is 1. The fourth-order valence-electron chi connectivity index (χ4n) is 2.47. The van der Waals surface area contributed by atoms with Crippen molar-refractivity contribution in [1.29, 1.82) is 0 Å². The second-order valence-corrected chi connectivity index (χ2v) is 7.39. The lowest BCUT2D eigenvalue weighted by atomic mass is 9.81. The molecule has 9 heteroatoms. The summed E-state index contributed by atoms with van der Waals surface area (Å²) < 4.78 is 51.5. The molecular formula is C14H19F2N3O3S. The van der Waals surface area contributed by atoms with Crippen molar-refractivity contribution in [2.45, 2.75) is 23.7 Å². The zero-order valence-electron chi connectivity index (χ0n) is 12.8. The van der Waals surface area contributed by atoms with Gasteiger partial charge in [0.05, 0.1) is 10.5 Å². The number of benzene rings is 1. The lowest BCUT2D eigenvalue weighted by Crippen LogP contribution is -2.39. The molecule has 1 fully saturated rings. The quantitative estimate of drug-likeness (QED) is 0.726. The highest BCUT2D eigenvalue weighted by Crippen LogP contribution is 2.42. The van der Waals surface area contributed by atoms with Crippen LogP contribution in [0.3, 0.4) is 0 Å². The molecule has 0 saturated heterocycles. The first-order valence-corrected chi connectivity index (χ1v) is 8.58. The summed E-state index contributed by atoms with van der Waals surface area (Å²) in [5.74, 6) is -3.22. The fraction of sp³-hybridized carbons (Fsp3) is 0.500. The lowest BCUT2D eigenvalue weighted by Gasteiger charge is -2.35. The van der Waals surface area contributed by atoms with Crippen LogP contribution in [0.2, 0.25) is 0 Å². The molecule has 128 valence electrons. The summed E-state index contributed by atoms with van der Waals surface area (Å²) >= 11 is 0. The van der Waals surface area contributed by atoms with Gasteiger partial charge in [0.1, 0.15) is 0 Å². The van der Waals surface area contributed by atoms with Crippen LogP contribution in [0.4, 0.5) is 14.5 Å². The molecule has 3 N–H and O–H groups in total. The van der Waals surface area contributed by atoms with E-state index in [0.29, 0.717) is 12.2 Å². The number of alkyl halides is 2. The molecule has 0 aromatic heterocycles. The Bertz CT molecular complexity index is 699. The molecule has 1 aliphatic rings. The van der Waals surface area contributed by atoms with E-state index in [-0.39, 0.29) is 29.2 Å². The van der Waals surface area contributed by atoms with Crippen LogP contribution in [-0.4, -0.2) is 40.9 Å². The van der Waals surface area contributed by atoms with E-state index in [1.54, 1.807) is 0 Å². The van der Waals surface area contributed by atoms with Crippen LogP contribution < -0.4 is 15.4 Å². The molecule has 23 heavy (non-hydrogen) atoms. The van der Waals surface area contributed by atoms with Crippen molar-refractivity contribution < 1.29 is 22.0 Å². The van der Waals surface area contributed by atoms with Crippen LogP contribution in [0.5, 0.6) is 0 Å². The van der Waals surface area contributed by atoms with Crippen molar-refractivity contribution in [2.75, 3.05) is 26.0 Å². The molecule has 2 rings (SSSR count). The van der Waals surface area contributed by atoms with Crippen molar-refractivity contribution in [3.8, 4) is 0 Å². The minimum atomic E-state index is -3.68. The molecule has 0 atom stereocenters. The van der Waals surface area contributed by atoms with Crippen LogP contribution >= 0.6 is 0 Å². The number of hydrogen-bond donors (Lipinski definition) is 3. The van der Waals surface area contributed by atoms with Gasteiger partial charge in [0, 0.05) is 32.1 Å². The van der Waals surface area contributed by atoms with Gasteiger partial charge in [-0.25, -0.2) is 21.9 Å². The van der Waals surface area contributed by atoms with Crippen LogP contribution in [0.1, 0.15) is 23.2 Å². The van der Waals surface area contributed by atoms with Gasteiger partial charge >= 0.3 is 0 Å². The van der Waals surface area contributed by atoms with Crippen LogP contribution in [0.15, 0.2) is 23.1 Å². The second kappa shape index (κ2) is 6.40. The Labute approximate surface area is 133 Å². The molecule has 0 aliphatic heterocycles. The Balaban J connectivity index is 2.20. The van der Waals surface area contributed by atoms with E-state index in [1.165, 1.54) is 32.3 Å². The average Bonchev–Trinajstić information content (AvgIpc) is 2.49. The molecule has 1 saturated carbocycles. The Kier molecular flexibility index (Phi) is 4.90. The highest BCUT2D eigenvalue weighted by atomic mass is 32.2. The zero-order valence-corrected chi connectivity index (χ0v) is 13.6. The number of sulfonamides is 1. The van der Waals surface area contributed by atoms with Gasteiger partial charge in [-0.2, -0.15) is 0 Å². The SMILES string of the molecule is CNC(=O)c1cc(S(=O)(=O)NC)ccc1NCC1CC(F)(F)C1. The molecule has 0 heterocycles. The normalized spacial score (nSPS) is 17.4. The molecule has 1 aliphatic carbocycles. The van der Waals surface area contributed by atoms with Crippen molar-refractivity contribution in [2.24, 2.45) is 5.92 Å². The number of nitrogens with one attached hydrogen (secondary N) is 3. The molecule has 1 amide bonds. The Morgan fingerprint density at radius 1 is 1.30 bits per heavy atom. The summed E-state index contributed by atoms with van der Waals surface area (Å²) in [6, 6.07) is 4.07. The third-order valence-electron chi connectivity index (χ3n) is 3.80. The third kappa shape index (κ3) is 3.97. The first-order chi connectivity index (χ1) is 10.7. The Hall–Kier alpha value is -1.74. The maximum absolute atomic E-state index is 12.8. The van der Waals surface area contributed by atoms with Gasteiger partial charge in [0.25, 0.3) is 5.91 Å². The van der Waals surface area contributed by atoms with E-state index >= 15 is 0 Å². The Morgan fingerprint density at radius 2 is 1.96 bits per heavy atom. The summed E-state index contributed by atoms with van der Waals surface area (Å²) in [6.07, 6.45) is -0.358. The predicted molar refractivity (Wildman–Crippen MR) is 82.2 cm³/mol. The smallest absolute Gasteiger partial charge is 0.253 e. The van der Waals surface area contributed by atoms with Gasteiger partial charge in [-0.15, -0.1) is 0 Å². The molecule has 0 radical (unpaired) electrons. The van der Waals surface area contributed by atoms with E-state index in [2.05, 4.69) is 15.4 Å². The standard InChI is InChI=1S/C14H19F2N3O3S/c1-17-13(20)11-5-10(23(21,22)18-2)3-4-12(11)19-8-9-6-14(15,16)7-9/h3-5,9,18-19H,6-8H2,1-2H3,(H,17,20). The lowest BCUT2D eigenvalue weighted by molar-refractivity contribution is -0.106. The molecular weight excluding hydrogens is 328 g/mol. The number of rotatable bonds is 6. The minimum absolute atomic E-state index is 0.0423. The van der Waals surface area contributed by atoms with E-state index in [1.807, 2.05) is 0 Å². The second-order valence-electron chi connectivity index (χ2n) is 5.51.